The van der Waals surface area contributed by atoms with Crippen LogP contribution in [0.25, 0.3) is 11.3 Å². The van der Waals surface area contributed by atoms with Gasteiger partial charge in [-0.1, -0.05) is 33.6 Å². The molecule has 0 aliphatic heterocycles. The molecule has 0 spiro atoms. The zero-order valence-electron chi connectivity index (χ0n) is 11.7. The van der Waals surface area contributed by atoms with Gasteiger partial charge in [0.1, 0.15) is 11.5 Å². The van der Waals surface area contributed by atoms with Gasteiger partial charge < -0.3 is 9.73 Å². The molecule has 0 saturated carbocycles. The van der Waals surface area contributed by atoms with Crippen molar-refractivity contribution >= 4 is 27.5 Å². The molecule has 2 aromatic heterocycles. The number of furan rings is 1. The van der Waals surface area contributed by atoms with Crippen LogP contribution in [0.3, 0.4) is 0 Å². The van der Waals surface area contributed by atoms with E-state index in [1.54, 1.807) is 6.20 Å². The second-order valence-corrected chi connectivity index (χ2v) is 6.18. The molecule has 2 heterocycles. The van der Waals surface area contributed by atoms with Gasteiger partial charge in [-0.15, -0.1) is 0 Å². The van der Waals surface area contributed by atoms with E-state index in [0.29, 0.717) is 11.6 Å². The summed E-state index contributed by atoms with van der Waals surface area (Å²) in [6, 6.07) is 13.6. The monoisotopic (exact) mass is 376 g/mol. The molecule has 3 nitrogen and oxygen atoms in total. The first kappa shape index (κ1) is 15.3. The average Bonchev–Trinajstić information content (AvgIpc) is 2.97. The number of hydrogen-bond donors (Lipinski definition) is 1. The molecule has 0 unspecified atom stereocenters. The maximum atomic E-state index is 6.25. The van der Waals surface area contributed by atoms with Crippen molar-refractivity contribution in [2.45, 2.75) is 13.1 Å². The van der Waals surface area contributed by atoms with Gasteiger partial charge in [0, 0.05) is 29.0 Å². The lowest BCUT2D eigenvalue weighted by molar-refractivity contribution is 0.493. The van der Waals surface area contributed by atoms with Crippen LogP contribution < -0.4 is 5.32 Å². The lowest BCUT2D eigenvalue weighted by Crippen LogP contribution is -2.12. The van der Waals surface area contributed by atoms with Crippen LogP contribution in [0, 0.1) is 0 Å². The molecule has 1 N–H and O–H groups in total. The minimum absolute atomic E-state index is 0.656. The molecule has 0 atom stereocenters. The molecular weight excluding hydrogens is 364 g/mol. The van der Waals surface area contributed by atoms with Crippen LogP contribution in [-0.2, 0) is 13.1 Å². The van der Waals surface area contributed by atoms with Crippen LogP contribution in [0.2, 0.25) is 5.02 Å². The summed E-state index contributed by atoms with van der Waals surface area (Å²) in [7, 11) is 0. The summed E-state index contributed by atoms with van der Waals surface area (Å²) in [6.45, 7) is 1.41. The third kappa shape index (κ3) is 3.77. The molecule has 0 aliphatic rings. The molecule has 112 valence electrons. The van der Waals surface area contributed by atoms with Crippen molar-refractivity contribution in [3.05, 3.63) is 75.7 Å². The van der Waals surface area contributed by atoms with Gasteiger partial charge in [0.25, 0.3) is 0 Å². The van der Waals surface area contributed by atoms with Gasteiger partial charge >= 0.3 is 0 Å². The topological polar surface area (TPSA) is 38.1 Å². The van der Waals surface area contributed by atoms with Gasteiger partial charge in [0.15, 0.2) is 0 Å². The molecular formula is C17H14BrClN2O. The predicted octanol–water partition coefficient (Wildman–Crippen LogP) is 5.05. The molecule has 22 heavy (non-hydrogen) atoms. The zero-order valence-corrected chi connectivity index (χ0v) is 14.1. The van der Waals surface area contributed by atoms with Gasteiger partial charge in [-0.05, 0) is 42.0 Å². The van der Waals surface area contributed by atoms with Crippen molar-refractivity contribution in [3.8, 4) is 11.3 Å². The van der Waals surface area contributed by atoms with Crippen LogP contribution in [0.5, 0.6) is 0 Å². The lowest BCUT2D eigenvalue weighted by atomic mass is 10.2. The Hall–Kier alpha value is -1.62. The van der Waals surface area contributed by atoms with Crippen LogP contribution in [-0.4, -0.2) is 4.98 Å². The smallest absolute Gasteiger partial charge is 0.135 e. The van der Waals surface area contributed by atoms with Crippen molar-refractivity contribution < 1.29 is 4.42 Å². The van der Waals surface area contributed by atoms with E-state index in [1.807, 2.05) is 48.7 Å². The first-order valence-electron chi connectivity index (χ1n) is 6.86. The van der Waals surface area contributed by atoms with Gasteiger partial charge in [-0.2, -0.15) is 0 Å². The van der Waals surface area contributed by atoms with Crippen molar-refractivity contribution in [1.82, 2.24) is 10.3 Å². The molecule has 0 saturated heterocycles. The quantitative estimate of drug-likeness (QED) is 0.676. The number of benzene rings is 1. The van der Waals surface area contributed by atoms with Crippen molar-refractivity contribution in [1.29, 1.82) is 0 Å². The predicted molar refractivity (Wildman–Crippen MR) is 91.6 cm³/mol. The van der Waals surface area contributed by atoms with Gasteiger partial charge in [0.2, 0.25) is 0 Å². The average molecular weight is 378 g/mol. The molecule has 1 aromatic carbocycles. The highest BCUT2D eigenvalue weighted by molar-refractivity contribution is 9.10. The van der Waals surface area contributed by atoms with Gasteiger partial charge in [-0.3, -0.25) is 4.98 Å². The van der Waals surface area contributed by atoms with Crippen LogP contribution >= 0.6 is 27.5 Å². The summed E-state index contributed by atoms with van der Waals surface area (Å²) in [5.74, 6) is 1.65. The lowest BCUT2D eigenvalue weighted by Gasteiger charge is -2.03. The first-order chi connectivity index (χ1) is 10.7. The Balaban J connectivity index is 1.64. The van der Waals surface area contributed by atoms with Crippen molar-refractivity contribution in [3.63, 3.8) is 0 Å². The summed E-state index contributed by atoms with van der Waals surface area (Å²) in [6.07, 6.45) is 3.62. The van der Waals surface area contributed by atoms with E-state index in [-0.39, 0.29) is 0 Å². The standard InChI is InChI=1S/C17H14BrClN2O/c18-13-3-5-15(16(19)8-13)17-6-4-14(22-17)11-21-10-12-2-1-7-20-9-12/h1-9,21H,10-11H2. The highest BCUT2D eigenvalue weighted by Crippen LogP contribution is 2.31. The fraction of sp³-hybridized carbons (Fsp3) is 0.118. The maximum absolute atomic E-state index is 6.25. The van der Waals surface area contributed by atoms with Crippen LogP contribution in [0.1, 0.15) is 11.3 Å². The second kappa shape index (κ2) is 7.09. The van der Waals surface area contributed by atoms with Gasteiger partial charge in [0.05, 0.1) is 11.6 Å². The normalized spacial score (nSPS) is 10.8. The molecule has 0 radical (unpaired) electrons. The minimum atomic E-state index is 0.656. The fourth-order valence-electron chi connectivity index (χ4n) is 2.14. The van der Waals surface area contributed by atoms with E-state index in [2.05, 4.69) is 26.2 Å². The van der Waals surface area contributed by atoms with E-state index < -0.39 is 0 Å². The first-order valence-corrected chi connectivity index (χ1v) is 8.03. The zero-order chi connectivity index (χ0) is 15.4. The largest absolute Gasteiger partial charge is 0.460 e. The Morgan fingerprint density at radius 1 is 1.14 bits per heavy atom. The van der Waals surface area contributed by atoms with E-state index in [9.17, 15) is 0 Å². The van der Waals surface area contributed by atoms with E-state index >= 15 is 0 Å². The molecule has 0 bridgehead atoms. The van der Waals surface area contributed by atoms with E-state index in [1.165, 1.54) is 0 Å². The summed E-state index contributed by atoms with van der Waals surface area (Å²) >= 11 is 9.65. The molecule has 0 amide bonds. The number of halogens is 2. The molecule has 0 fully saturated rings. The van der Waals surface area contributed by atoms with Crippen LogP contribution in [0.15, 0.2) is 63.7 Å². The minimum Gasteiger partial charge on any atom is -0.460 e. The van der Waals surface area contributed by atoms with E-state index in [4.69, 9.17) is 16.0 Å². The summed E-state index contributed by atoms with van der Waals surface area (Å²) in [5, 5.41) is 4.00. The third-order valence-corrected chi connectivity index (χ3v) is 4.02. The Morgan fingerprint density at radius 3 is 2.82 bits per heavy atom. The Labute approximate surface area is 142 Å². The number of hydrogen-bond acceptors (Lipinski definition) is 3. The number of nitrogens with zero attached hydrogens (tertiary/aromatic N) is 1. The van der Waals surface area contributed by atoms with E-state index in [0.717, 1.165) is 33.7 Å². The summed E-state index contributed by atoms with van der Waals surface area (Å²) in [4.78, 5) is 4.09. The third-order valence-electron chi connectivity index (χ3n) is 3.21. The number of rotatable bonds is 5. The number of nitrogens with one attached hydrogen (secondary N) is 1. The summed E-state index contributed by atoms with van der Waals surface area (Å²) < 4.78 is 6.80. The molecule has 0 aliphatic carbocycles. The molecule has 3 aromatic rings. The second-order valence-electron chi connectivity index (χ2n) is 4.85. The fourth-order valence-corrected chi connectivity index (χ4v) is 2.91. The van der Waals surface area contributed by atoms with Gasteiger partial charge in [-0.25, -0.2) is 0 Å². The van der Waals surface area contributed by atoms with Crippen molar-refractivity contribution in [2.24, 2.45) is 0 Å². The van der Waals surface area contributed by atoms with Crippen molar-refractivity contribution in [2.75, 3.05) is 0 Å². The molecule has 3 rings (SSSR count). The Morgan fingerprint density at radius 2 is 2.05 bits per heavy atom. The molecule has 5 heteroatoms. The number of pyridine rings is 1. The Bertz CT molecular complexity index is 758. The van der Waals surface area contributed by atoms with Crippen LogP contribution in [0.4, 0.5) is 0 Å². The SMILES string of the molecule is Clc1cc(Br)ccc1-c1ccc(CNCc2cccnc2)o1. The summed E-state index contributed by atoms with van der Waals surface area (Å²) in [5.41, 5.74) is 2.04. The highest BCUT2D eigenvalue weighted by atomic mass is 79.9. The Kier molecular flexibility index (Phi) is 4.93. The highest BCUT2D eigenvalue weighted by Gasteiger charge is 2.09. The maximum Gasteiger partial charge on any atom is 0.135 e. The number of aromatic nitrogens is 1.